The van der Waals surface area contributed by atoms with E-state index in [1.807, 2.05) is 6.92 Å². The van der Waals surface area contributed by atoms with Gasteiger partial charge in [-0.05, 0) is 38.1 Å². The van der Waals surface area contributed by atoms with Crippen LogP contribution in [-0.2, 0) is 17.6 Å². The molecule has 3 N–H and O–H groups in total. The number of carbonyl (C=O) groups is 1. The molecule has 1 unspecified atom stereocenters. The first-order valence-electron chi connectivity index (χ1n) is 6.17. The van der Waals surface area contributed by atoms with Gasteiger partial charge in [0, 0.05) is 11.3 Å². The van der Waals surface area contributed by atoms with Crippen LogP contribution >= 0.6 is 11.3 Å². The first kappa shape index (κ1) is 12.5. The van der Waals surface area contributed by atoms with Crippen LogP contribution in [0.1, 0.15) is 36.8 Å². The third-order valence-corrected chi connectivity index (χ3v) is 4.10. The molecule has 0 fully saturated rings. The summed E-state index contributed by atoms with van der Waals surface area (Å²) in [6.45, 7) is 2.52. The van der Waals surface area contributed by atoms with Gasteiger partial charge >= 0.3 is 0 Å². The second kappa shape index (κ2) is 5.60. The van der Waals surface area contributed by atoms with Crippen LogP contribution in [0.3, 0.4) is 0 Å². The third kappa shape index (κ3) is 3.26. The van der Waals surface area contributed by atoms with Crippen LogP contribution in [0.25, 0.3) is 0 Å². The van der Waals surface area contributed by atoms with Crippen molar-refractivity contribution < 1.29 is 4.79 Å². The van der Waals surface area contributed by atoms with E-state index in [1.165, 1.54) is 23.4 Å². The van der Waals surface area contributed by atoms with E-state index in [9.17, 15) is 4.79 Å². The molecule has 1 aliphatic rings. The van der Waals surface area contributed by atoms with Gasteiger partial charge < -0.3 is 11.1 Å². The van der Waals surface area contributed by atoms with Crippen molar-refractivity contribution in [3.63, 3.8) is 0 Å². The molecule has 0 aromatic carbocycles. The molecule has 1 aromatic heterocycles. The Bertz CT molecular complexity index is 379. The van der Waals surface area contributed by atoms with Crippen molar-refractivity contribution in [2.24, 2.45) is 11.7 Å². The van der Waals surface area contributed by atoms with E-state index in [1.54, 1.807) is 11.3 Å². The number of amides is 1. The fourth-order valence-electron chi connectivity index (χ4n) is 1.98. The van der Waals surface area contributed by atoms with E-state index in [0.29, 0.717) is 13.0 Å². The SMILES string of the molecule is CC(CN)CC(=O)Nc1nc2c(s1)CCCC2. The largest absolute Gasteiger partial charge is 0.330 e. The number of hydrogen-bond donors (Lipinski definition) is 2. The van der Waals surface area contributed by atoms with E-state index in [-0.39, 0.29) is 11.8 Å². The number of thiazole rings is 1. The molecule has 1 aliphatic carbocycles. The topological polar surface area (TPSA) is 68.0 Å². The van der Waals surface area contributed by atoms with Crippen LogP contribution in [-0.4, -0.2) is 17.4 Å². The Labute approximate surface area is 106 Å². The van der Waals surface area contributed by atoms with Gasteiger partial charge in [0.25, 0.3) is 0 Å². The minimum absolute atomic E-state index is 0.0223. The smallest absolute Gasteiger partial charge is 0.226 e. The lowest BCUT2D eigenvalue weighted by Gasteiger charge is -2.06. The molecule has 1 atom stereocenters. The van der Waals surface area contributed by atoms with E-state index >= 15 is 0 Å². The second-order valence-corrected chi connectivity index (χ2v) is 5.77. The van der Waals surface area contributed by atoms with Gasteiger partial charge in [-0.3, -0.25) is 4.79 Å². The summed E-state index contributed by atoms with van der Waals surface area (Å²) < 4.78 is 0. The van der Waals surface area contributed by atoms with Crippen LogP contribution in [0, 0.1) is 5.92 Å². The summed E-state index contributed by atoms with van der Waals surface area (Å²) >= 11 is 1.62. The van der Waals surface area contributed by atoms with E-state index in [4.69, 9.17) is 5.73 Å². The Morgan fingerprint density at radius 1 is 1.53 bits per heavy atom. The second-order valence-electron chi connectivity index (χ2n) is 4.69. The minimum atomic E-state index is 0.0223. The number of nitrogens with zero attached hydrogens (tertiary/aromatic N) is 1. The number of carbonyl (C=O) groups excluding carboxylic acids is 1. The van der Waals surface area contributed by atoms with Crippen LogP contribution < -0.4 is 11.1 Å². The lowest BCUT2D eigenvalue weighted by Crippen LogP contribution is -2.20. The van der Waals surface area contributed by atoms with E-state index in [0.717, 1.165) is 18.0 Å². The van der Waals surface area contributed by atoms with Crippen LogP contribution in [0.2, 0.25) is 0 Å². The van der Waals surface area contributed by atoms with Gasteiger partial charge in [-0.2, -0.15) is 0 Å². The van der Waals surface area contributed by atoms with Gasteiger partial charge in [0.15, 0.2) is 5.13 Å². The summed E-state index contributed by atoms with van der Waals surface area (Å²) in [5.74, 6) is 0.249. The molecular formula is C12H19N3OS. The lowest BCUT2D eigenvalue weighted by atomic mass is 10.0. The van der Waals surface area contributed by atoms with Crippen molar-refractivity contribution in [1.29, 1.82) is 0 Å². The molecule has 94 valence electrons. The highest BCUT2D eigenvalue weighted by molar-refractivity contribution is 7.15. The Hall–Kier alpha value is -0.940. The molecule has 1 heterocycles. The number of anilines is 1. The quantitative estimate of drug-likeness (QED) is 0.861. The maximum absolute atomic E-state index is 11.7. The van der Waals surface area contributed by atoms with Gasteiger partial charge in [-0.25, -0.2) is 4.98 Å². The predicted octanol–water partition coefficient (Wildman–Crippen LogP) is 1.95. The van der Waals surface area contributed by atoms with Gasteiger partial charge in [0.05, 0.1) is 5.69 Å². The van der Waals surface area contributed by atoms with E-state index < -0.39 is 0 Å². The Morgan fingerprint density at radius 3 is 3.00 bits per heavy atom. The zero-order valence-electron chi connectivity index (χ0n) is 10.2. The van der Waals surface area contributed by atoms with Gasteiger partial charge in [0.2, 0.25) is 5.91 Å². The predicted molar refractivity (Wildman–Crippen MR) is 70.2 cm³/mol. The summed E-state index contributed by atoms with van der Waals surface area (Å²) in [5.41, 5.74) is 6.68. The average molecular weight is 253 g/mol. The summed E-state index contributed by atoms with van der Waals surface area (Å²) in [6, 6.07) is 0. The molecular weight excluding hydrogens is 234 g/mol. The summed E-state index contributed by atoms with van der Waals surface area (Å²) in [6.07, 6.45) is 5.10. The van der Waals surface area contributed by atoms with Crippen molar-refractivity contribution in [3.8, 4) is 0 Å². The molecule has 0 bridgehead atoms. The number of rotatable bonds is 4. The monoisotopic (exact) mass is 253 g/mol. The molecule has 0 radical (unpaired) electrons. The Morgan fingerprint density at radius 2 is 2.29 bits per heavy atom. The lowest BCUT2D eigenvalue weighted by molar-refractivity contribution is -0.116. The van der Waals surface area contributed by atoms with Crippen molar-refractivity contribution in [2.45, 2.75) is 39.0 Å². The first-order valence-corrected chi connectivity index (χ1v) is 6.99. The molecule has 1 amide bonds. The fraction of sp³-hybridized carbons (Fsp3) is 0.667. The minimum Gasteiger partial charge on any atom is -0.330 e. The van der Waals surface area contributed by atoms with Crippen molar-refractivity contribution in [1.82, 2.24) is 4.98 Å². The fourth-order valence-corrected chi connectivity index (χ4v) is 3.04. The highest BCUT2D eigenvalue weighted by atomic mass is 32.1. The maximum Gasteiger partial charge on any atom is 0.226 e. The number of aryl methyl sites for hydroxylation is 2. The third-order valence-electron chi connectivity index (χ3n) is 3.03. The molecule has 0 aliphatic heterocycles. The Balaban J connectivity index is 1.94. The van der Waals surface area contributed by atoms with Crippen molar-refractivity contribution >= 4 is 22.4 Å². The summed E-state index contributed by atoms with van der Waals surface area (Å²) in [7, 11) is 0. The molecule has 17 heavy (non-hydrogen) atoms. The van der Waals surface area contributed by atoms with Crippen LogP contribution in [0.15, 0.2) is 0 Å². The maximum atomic E-state index is 11.7. The molecule has 5 heteroatoms. The molecule has 0 saturated carbocycles. The molecule has 0 spiro atoms. The van der Waals surface area contributed by atoms with E-state index in [2.05, 4.69) is 10.3 Å². The number of nitrogens with two attached hydrogens (primary N) is 1. The van der Waals surface area contributed by atoms with Crippen LogP contribution in [0.4, 0.5) is 5.13 Å². The standard InChI is InChI=1S/C12H19N3OS/c1-8(7-13)6-11(16)15-12-14-9-4-2-3-5-10(9)17-12/h8H,2-7,13H2,1H3,(H,14,15,16). The first-order chi connectivity index (χ1) is 8.19. The number of fused-ring (bicyclic) bond motifs is 1. The average Bonchev–Trinajstić information content (AvgIpc) is 2.70. The number of nitrogens with one attached hydrogen (secondary N) is 1. The molecule has 0 saturated heterocycles. The molecule has 1 aromatic rings. The number of aromatic nitrogens is 1. The number of hydrogen-bond acceptors (Lipinski definition) is 4. The highest BCUT2D eigenvalue weighted by Gasteiger charge is 2.16. The normalized spacial score (nSPS) is 16.4. The molecule has 4 nitrogen and oxygen atoms in total. The molecule has 2 rings (SSSR count). The Kier molecular flexibility index (Phi) is 4.12. The van der Waals surface area contributed by atoms with Gasteiger partial charge in [0.1, 0.15) is 0 Å². The summed E-state index contributed by atoms with van der Waals surface area (Å²) in [4.78, 5) is 17.5. The highest BCUT2D eigenvalue weighted by Crippen LogP contribution is 2.29. The van der Waals surface area contributed by atoms with Crippen molar-refractivity contribution in [2.75, 3.05) is 11.9 Å². The van der Waals surface area contributed by atoms with Crippen LogP contribution in [0.5, 0.6) is 0 Å². The zero-order valence-corrected chi connectivity index (χ0v) is 11.0. The van der Waals surface area contributed by atoms with Gasteiger partial charge in [-0.1, -0.05) is 6.92 Å². The van der Waals surface area contributed by atoms with Crippen molar-refractivity contribution in [3.05, 3.63) is 10.6 Å². The zero-order chi connectivity index (χ0) is 12.3. The summed E-state index contributed by atoms with van der Waals surface area (Å²) in [5, 5.41) is 3.63. The van der Waals surface area contributed by atoms with Gasteiger partial charge in [-0.15, -0.1) is 11.3 Å².